The van der Waals surface area contributed by atoms with Gasteiger partial charge in [-0.1, -0.05) is 12.1 Å². The van der Waals surface area contributed by atoms with E-state index in [9.17, 15) is 9.59 Å². The molecule has 0 aromatic carbocycles. The molecule has 2 heterocycles. The topological polar surface area (TPSA) is 62.3 Å². The Balaban J connectivity index is 1.80. The Morgan fingerprint density at radius 2 is 2.26 bits per heavy atom. The lowest BCUT2D eigenvalue weighted by Gasteiger charge is -2.45. The van der Waals surface area contributed by atoms with E-state index in [4.69, 9.17) is 0 Å². The molecule has 1 fully saturated rings. The van der Waals surface area contributed by atoms with E-state index in [2.05, 4.69) is 16.4 Å². The number of nitrogens with one attached hydrogen (secondary N) is 1. The number of hydrogen-bond donors (Lipinski definition) is 1. The van der Waals surface area contributed by atoms with Gasteiger partial charge in [-0.05, 0) is 44.7 Å². The highest BCUT2D eigenvalue weighted by Gasteiger charge is 2.49. The van der Waals surface area contributed by atoms with Crippen molar-refractivity contribution in [1.29, 1.82) is 0 Å². The van der Waals surface area contributed by atoms with Gasteiger partial charge in [-0.15, -0.1) is 0 Å². The quantitative estimate of drug-likeness (QED) is 0.928. The predicted molar refractivity (Wildman–Crippen MR) is 87.1 cm³/mol. The summed E-state index contributed by atoms with van der Waals surface area (Å²) < 4.78 is 0. The normalized spacial score (nSPS) is 24.0. The number of fused-ring (bicyclic) bond motifs is 1. The molecule has 0 saturated carbocycles. The highest BCUT2D eigenvalue weighted by atomic mass is 16.2. The van der Waals surface area contributed by atoms with Crippen LogP contribution in [0.1, 0.15) is 44.7 Å². The summed E-state index contributed by atoms with van der Waals surface area (Å²) >= 11 is 0. The van der Waals surface area contributed by atoms with Crippen molar-refractivity contribution in [3.63, 3.8) is 0 Å². The van der Waals surface area contributed by atoms with Crippen molar-refractivity contribution in [3.8, 4) is 0 Å². The lowest BCUT2D eigenvalue weighted by atomic mass is 9.69. The van der Waals surface area contributed by atoms with Gasteiger partial charge in [0, 0.05) is 24.9 Å². The number of allylic oxidation sites excluding steroid dienone is 1. The van der Waals surface area contributed by atoms with Crippen molar-refractivity contribution < 1.29 is 9.59 Å². The van der Waals surface area contributed by atoms with Gasteiger partial charge in [0.15, 0.2) is 0 Å². The van der Waals surface area contributed by atoms with E-state index in [0.29, 0.717) is 25.9 Å². The number of carbonyl (C=O) groups is 2. The molecule has 2 amide bonds. The highest BCUT2D eigenvalue weighted by Crippen LogP contribution is 2.46. The zero-order valence-corrected chi connectivity index (χ0v) is 13.5. The van der Waals surface area contributed by atoms with Gasteiger partial charge in [0.25, 0.3) is 0 Å². The van der Waals surface area contributed by atoms with Gasteiger partial charge in [0.05, 0.1) is 17.7 Å². The number of hydrogen-bond acceptors (Lipinski definition) is 3. The molecule has 5 nitrogen and oxygen atoms in total. The van der Waals surface area contributed by atoms with E-state index in [1.165, 1.54) is 0 Å². The van der Waals surface area contributed by atoms with Crippen LogP contribution in [0.2, 0.25) is 0 Å². The second-order valence-corrected chi connectivity index (χ2v) is 6.21. The van der Waals surface area contributed by atoms with Crippen LogP contribution in [0.4, 0.5) is 0 Å². The third-order valence-corrected chi connectivity index (χ3v) is 4.90. The highest BCUT2D eigenvalue weighted by molar-refractivity contribution is 5.91. The lowest BCUT2D eigenvalue weighted by Crippen LogP contribution is -2.52. The van der Waals surface area contributed by atoms with Crippen molar-refractivity contribution in [2.45, 2.75) is 45.6 Å². The Labute approximate surface area is 136 Å². The summed E-state index contributed by atoms with van der Waals surface area (Å²) in [7, 11) is 0. The number of rotatable bonds is 4. The zero-order valence-electron chi connectivity index (χ0n) is 13.5. The lowest BCUT2D eigenvalue weighted by molar-refractivity contribution is -0.140. The van der Waals surface area contributed by atoms with E-state index in [1.807, 2.05) is 25.1 Å². The molecule has 122 valence electrons. The van der Waals surface area contributed by atoms with Crippen LogP contribution in [0.5, 0.6) is 0 Å². The van der Waals surface area contributed by atoms with Gasteiger partial charge in [0.2, 0.25) is 11.8 Å². The van der Waals surface area contributed by atoms with Crippen LogP contribution < -0.4 is 5.32 Å². The van der Waals surface area contributed by atoms with Crippen LogP contribution in [-0.2, 0) is 16.1 Å². The van der Waals surface area contributed by atoms with Crippen LogP contribution in [0.15, 0.2) is 36.2 Å². The minimum absolute atomic E-state index is 0.0278. The Bertz CT molecular complexity index is 626. The average Bonchev–Trinajstić information content (AvgIpc) is 2.60. The first kappa shape index (κ1) is 15.7. The third kappa shape index (κ3) is 2.87. The molecule has 1 saturated heterocycles. The number of aromatic nitrogens is 1. The van der Waals surface area contributed by atoms with Crippen molar-refractivity contribution in [3.05, 3.63) is 41.9 Å². The standard InChI is InChI=1S/C18H23N3O2/c1-2-21-15-8-3-5-10-18(15,11-9-16(21)22)17(23)20-13-14-7-4-6-12-19-14/h4,6-8,12H,2-3,5,9-11,13H2,1H3,(H,20,23). The maximum Gasteiger partial charge on any atom is 0.232 e. The fourth-order valence-electron chi connectivity index (χ4n) is 3.71. The van der Waals surface area contributed by atoms with Gasteiger partial charge in [-0.2, -0.15) is 0 Å². The summed E-state index contributed by atoms with van der Waals surface area (Å²) in [5.41, 5.74) is 1.22. The Morgan fingerprint density at radius 3 is 3.00 bits per heavy atom. The maximum absolute atomic E-state index is 13.0. The first-order chi connectivity index (χ1) is 11.2. The SMILES string of the molecule is CCN1C(=O)CCC2(C(=O)NCc3ccccn3)CCCC=C12. The Morgan fingerprint density at radius 1 is 1.39 bits per heavy atom. The first-order valence-electron chi connectivity index (χ1n) is 8.36. The van der Waals surface area contributed by atoms with Crippen LogP contribution in [0.25, 0.3) is 0 Å². The smallest absolute Gasteiger partial charge is 0.232 e. The third-order valence-electron chi connectivity index (χ3n) is 4.90. The second kappa shape index (κ2) is 6.52. The van der Waals surface area contributed by atoms with Crippen molar-refractivity contribution >= 4 is 11.8 Å². The van der Waals surface area contributed by atoms with Gasteiger partial charge >= 0.3 is 0 Å². The van der Waals surface area contributed by atoms with Crippen molar-refractivity contribution in [2.24, 2.45) is 5.41 Å². The fourth-order valence-corrected chi connectivity index (χ4v) is 3.71. The minimum atomic E-state index is -0.545. The van der Waals surface area contributed by atoms with Gasteiger partial charge < -0.3 is 10.2 Å². The fraction of sp³-hybridized carbons (Fsp3) is 0.500. The van der Waals surface area contributed by atoms with E-state index >= 15 is 0 Å². The van der Waals surface area contributed by atoms with E-state index < -0.39 is 5.41 Å². The summed E-state index contributed by atoms with van der Waals surface area (Å²) in [4.78, 5) is 31.2. The minimum Gasteiger partial charge on any atom is -0.350 e. The number of pyridine rings is 1. The number of nitrogens with zero attached hydrogens (tertiary/aromatic N) is 2. The molecule has 1 atom stereocenters. The number of piperidine rings is 1. The summed E-state index contributed by atoms with van der Waals surface area (Å²) in [5.74, 6) is 0.161. The molecule has 1 aromatic rings. The molecule has 5 heteroatoms. The molecule has 0 bridgehead atoms. The average molecular weight is 313 g/mol. The van der Waals surface area contributed by atoms with Crippen LogP contribution >= 0.6 is 0 Å². The van der Waals surface area contributed by atoms with E-state index in [1.54, 1.807) is 11.1 Å². The molecule has 1 N–H and O–H groups in total. The largest absolute Gasteiger partial charge is 0.350 e. The molecule has 0 spiro atoms. The molecular weight excluding hydrogens is 290 g/mol. The van der Waals surface area contributed by atoms with Crippen LogP contribution in [0, 0.1) is 5.41 Å². The summed E-state index contributed by atoms with van der Waals surface area (Å²) in [6.07, 6.45) is 7.62. The number of amides is 2. The number of likely N-dealkylation sites (tertiary alicyclic amines) is 1. The molecule has 1 unspecified atom stereocenters. The van der Waals surface area contributed by atoms with Gasteiger partial charge in [0.1, 0.15) is 0 Å². The van der Waals surface area contributed by atoms with E-state index in [-0.39, 0.29) is 11.8 Å². The summed E-state index contributed by atoms with van der Waals surface area (Å²) in [6.45, 7) is 3.02. The van der Waals surface area contributed by atoms with E-state index in [0.717, 1.165) is 30.7 Å². The monoisotopic (exact) mass is 313 g/mol. The van der Waals surface area contributed by atoms with Crippen LogP contribution in [-0.4, -0.2) is 28.2 Å². The predicted octanol–water partition coefficient (Wildman–Crippen LogP) is 2.39. The molecule has 2 aliphatic rings. The molecule has 0 radical (unpaired) electrons. The zero-order chi connectivity index (χ0) is 16.3. The Kier molecular flexibility index (Phi) is 4.46. The summed E-state index contributed by atoms with van der Waals surface area (Å²) in [6, 6.07) is 5.67. The number of carbonyl (C=O) groups excluding carboxylic acids is 2. The molecule has 23 heavy (non-hydrogen) atoms. The molecular formula is C18H23N3O2. The van der Waals surface area contributed by atoms with Crippen LogP contribution in [0.3, 0.4) is 0 Å². The molecule has 1 aromatic heterocycles. The van der Waals surface area contributed by atoms with Gasteiger partial charge in [-0.3, -0.25) is 14.6 Å². The first-order valence-corrected chi connectivity index (χ1v) is 8.36. The second-order valence-electron chi connectivity index (χ2n) is 6.21. The molecule has 3 rings (SSSR count). The van der Waals surface area contributed by atoms with Crippen molar-refractivity contribution in [2.75, 3.05) is 6.54 Å². The summed E-state index contributed by atoms with van der Waals surface area (Å²) in [5, 5.41) is 3.04. The van der Waals surface area contributed by atoms with Crippen molar-refractivity contribution in [1.82, 2.24) is 15.2 Å². The molecule has 1 aliphatic heterocycles. The maximum atomic E-state index is 13.0. The Hall–Kier alpha value is -2.17. The molecule has 1 aliphatic carbocycles. The van der Waals surface area contributed by atoms with Gasteiger partial charge in [-0.25, -0.2) is 0 Å².